The van der Waals surface area contributed by atoms with Crippen LogP contribution in [0.2, 0.25) is 0 Å². The number of benzene rings is 1. The molecule has 0 aliphatic heterocycles. The molecule has 25 heavy (non-hydrogen) atoms. The minimum absolute atomic E-state index is 0.0918. The smallest absolute Gasteiger partial charge is 0.339 e. The second-order valence-corrected chi connectivity index (χ2v) is 5.62. The number of hydrogen-bond donors (Lipinski definition) is 1. The molecule has 0 fully saturated rings. The molecule has 7 heteroatoms. The average molecular weight is 349 g/mol. The van der Waals surface area contributed by atoms with Crippen LogP contribution in [-0.4, -0.2) is 35.5 Å². The molecule has 0 bridgehead atoms. The number of ether oxygens (including phenoxy) is 1. The van der Waals surface area contributed by atoms with Crippen molar-refractivity contribution < 1.29 is 28.2 Å². The number of rotatable bonds is 8. The van der Waals surface area contributed by atoms with E-state index in [4.69, 9.17) is 14.3 Å². The van der Waals surface area contributed by atoms with E-state index < -0.39 is 11.8 Å². The van der Waals surface area contributed by atoms with Gasteiger partial charge in [-0.2, -0.15) is 0 Å². The first-order valence-corrected chi connectivity index (χ1v) is 7.82. The summed E-state index contributed by atoms with van der Waals surface area (Å²) in [6, 6.07) is 7.51. The zero-order valence-corrected chi connectivity index (χ0v) is 14.1. The summed E-state index contributed by atoms with van der Waals surface area (Å²) >= 11 is 0. The van der Waals surface area contributed by atoms with Crippen molar-refractivity contribution in [2.24, 2.45) is 0 Å². The highest BCUT2D eigenvalue weighted by atomic mass is 19.1. The first-order chi connectivity index (χ1) is 11.9. The van der Waals surface area contributed by atoms with Gasteiger partial charge in [-0.1, -0.05) is 12.1 Å². The van der Waals surface area contributed by atoms with Crippen LogP contribution in [0.1, 0.15) is 34.7 Å². The number of nitrogens with zero attached hydrogens (tertiary/aromatic N) is 1. The molecule has 1 N–H and O–H groups in total. The molecule has 0 atom stereocenters. The standard InChI is InChI=1S/C18H20FNO5/c1-12-14(18(22)23)10-13(25-12)11-20(2)17(21)8-5-9-24-16-7-4-3-6-15(16)19/h3-4,6-7,10H,5,8-9,11H2,1-2H3,(H,22,23). The fourth-order valence-electron chi connectivity index (χ4n) is 2.31. The molecule has 1 heterocycles. The van der Waals surface area contributed by atoms with Gasteiger partial charge in [0.05, 0.1) is 13.2 Å². The number of amides is 1. The first kappa shape index (κ1) is 18.5. The summed E-state index contributed by atoms with van der Waals surface area (Å²) in [5, 5.41) is 9.00. The molecule has 1 aromatic carbocycles. The maximum absolute atomic E-state index is 13.4. The van der Waals surface area contributed by atoms with Crippen LogP contribution in [-0.2, 0) is 11.3 Å². The summed E-state index contributed by atoms with van der Waals surface area (Å²) in [7, 11) is 1.61. The predicted octanol–water partition coefficient (Wildman–Crippen LogP) is 3.24. The van der Waals surface area contributed by atoms with Crippen LogP contribution in [0.4, 0.5) is 4.39 Å². The fourth-order valence-corrected chi connectivity index (χ4v) is 2.31. The molecule has 1 aromatic heterocycles. The average Bonchev–Trinajstić information content (AvgIpc) is 2.93. The van der Waals surface area contributed by atoms with Gasteiger partial charge in [0.25, 0.3) is 0 Å². The summed E-state index contributed by atoms with van der Waals surface area (Å²) in [4.78, 5) is 24.5. The van der Waals surface area contributed by atoms with Gasteiger partial charge in [0, 0.05) is 13.5 Å². The molecular formula is C18H20FNO5. The Morgan fingerprint density at radius 2 is 2.04 bits per heavy atom. The third kappa shape index (κ3) is 5.07. The summed E-state index contributed by atoms with van der Waals surface area (Å²) in [5.41, 5.74) is 0.0918. The molecule has 0 radical (unpaired) electrons. The van der Waals surface area contributed by atoms with Crippen LogP contribution in [0.25, 0.3) is 0 Å². The van der Waals surface area contributed by atoms with Crippen molar-refractivity contribution in [2.45, 2.75) is 26.3 Å². The number of carbonyl (C=O) groups excluding carboxylic acids is 1. The van der Waals surface area contributed by atoms with Gasteiger partial charge in [0.15, 0.2) is 11.6 Å². The van der Waals surface area contributed by atoms with Gasteiger partial charge in [-0.25, -0.2) is 9.18 Å². The zero-order chi connectivity index (χ0) is 18.4. The minimum Gasteiger partial charge on any atom is -0.491 e. The van der Waals surface area contributed by atoms with Gasteiger partial charge in [-0.15, -0.1) is 0 Å². The number of para-hydroxylation sites is 1. The van der Waals surface area contributed by atoms with Crippen molar-refractivity contribution in [3.63, 3.8) is 0 Å². The number of carboxylic acid groups (broad SMARTS) is 1. The highest BCUT2D eigenvalue weighted by molar-refractivity contribution is 5.88. The third-order valence-electron chi connectivity index (χ3n) is 3.65. The Morgan fingerprint density at radius 3 is 2.68 bits per heavy atom. The maximum Gasteiger partial charge on any atom is 0.339 e. The van der Waals surface area contributed by atoms with Crippen LogP contribution in [0.5, 0.6) is 5.75 Å². The molecule has 0 aliphatic rings. The third-order valence-corrected chi connectivity index (χ3v) is 3.65. The number of hydrogen-bond acceptors (Lipinski definition) is 4. The van der Waals surface area contributed by atoms with Crippen molar-refractivity contribution in [1.29, 1.82) is 0 Å². The molecule has 0 saturated carbocycles. The van der Waals surface area contributed by atoms with Crippen LogP contribution < -0.4 is 4.74 Å². The Morgan fingerprint density at radius 1 is 1.32 bits per heavy atom. The first-order valence-electron chi connectivity index (χ1n) is 7.82. The van der Waals surface area contributed by atoms with Crippen LogP contribution in [0.15, 0.2) is 34.7 Å². The second-order valence-electron chi connectivity index (χ2n) is 5.62. The number of halogens is 1. The molecule has 0 unspecified atom stereocenters. The quantitative estimate of drug-likeness (QED) is 0.740. The van der Waals surface area contributed by atoms with Gasteiger partial charge >= 0.3 is 5.97 Å². The van der Waals surface area contributed by atoms with E-state index in [1.54, 1.807) is 26.1 Å². The number of carboxylic acids is 1. The van der Waals surface area contributed by atoms with E-state index in [2.05, 4.69) is 0 Å². The Kier molecular flexibility index (Phi) is 6.16. The van der Waals surface area contributed by atoms with E-state index in [1.165, 1.54) is 23.1 Å². The SMILES string of the molecule is Cc1oc(CN(C)C(=O)CCCOc2ccccc2F)cc1C(=O)O. The second kappa shape index (κ2) is 8.32. The number of furan rings is 1. The van der Waals surface area contributed by atoms with Gasteiger partial charge in [-0.05, 0) is 31.5 Å². The maximum atomic E-state index is 13.4. The lowest BCUT2D eigenvalue weighted by molar-refractivity contribution is -0.130. The van der Waals surface area contributed by atoms with Crippen molar-refractivity contribution in [3.05, 3.63) is 53.2 Å². The summed E-state index contributed by atoms with van der Waals surface area (Å²) in [5.74, 6) is -0.756. The lowest BCUT2D eigenvalue weighted by Crippen LogP contribution is -2.26. The van der Waals surface area contributed by atoms with E-state index in [0.29, 0.717) is 17.9 Å². The van der Waals surface area contributed by atoms with Gasteiger partial charge < -0.3 is 19.2 Å². The number of carbonyl (C=O) groups is 2. The highest BCUT2D eigenvalue weighted by Gasteiger charge is 2.16. The Balaban J connectivity index is 1.77. The normalized spacial score (nSPS) is 10.5. The Hall–Kier alpha value is -2.83. The van der Waals surface area contributed by atoms with E-state index >= 15 is 0 Å². The van der Waals surface area contributed by atoms with Crippen LogP contribution >= 0.6 is 0 Å². The lowest BCUT2D eigenvalue weighted by atomic mass is 10.2. The van der Waals surface area contributed by atoms with Crippen molar-refractivity contribution in [3.8, 4) is 5.75 Å². The van der Waals surface area contributed by atoms with Gasteiger partial charge in [0.2, 0.25) is 5.91 Å². The molecular weight excluding hydrogens is 329 g/mol. The molecule has 0 aliphatic carbocycles. The van der Waals surface area contributed by atoms with Crippen molar-refractivity contribution in [2.75, 3.05) is 13.7 Å². The van der Waals surface area contributed by atoms with Gasteiger partial charge in [-0.3, -0.25) is 4.79 Å². The van der Waals surface area contributed by atoms with E-state index in [0.717, 1.165) is 0 Å². The van der Waals surface area contributed by atoms with Crippen LogP contribution in [0, 0.1) is 12.7 Å². The largest absolute Gasteiger partial charge is 0.491 e. The monoisotopic (exact) mass is 349 g/mol. The molecule has 1 amide bonds. The topological polar surface area (TPSA) is 80.0 Å². The molecule has 6 nitrogen and oxygen atoms in total. The highest BCUT2D eigenvalue weighted by Crippen LogP contribution is 2.17. The lowest BCUT2D eigenvalue weighted by Gasteiger charge is -2.15. The van der Waals surface area contributed by atoms with E-state index in [9.17, 15) is 14.0 Å². The fraction of sp³-hybridized carbons (Fsp3) is 0.333. The molecule has 134 valence electrons. The van der Waals surface area contributed by atoms with E-state index in [1.807, 2.05) is 0 Å². The minimum atomic E-state index is -1.06. The predicted molar refractivity (Wildman–Crippen MR) is 88.0 cm³/mol. The molecule has 0 saturated heterocycles. The Bertz CT molecular complexity index is 756. The zero-order valence-electron chi connectivity index (χ0n) is 14.1. The summed E-state index contributed by atoms with van der Waals surface area (Å²) < 4.78 is 24.0. The molecule has 0 spiro atoms. The summed E-state index contributed by atoms with van der Waals surface area (Å²) in [6.07, 6.45) is 0.672. The molecule has 2 rings (SSSR count). The van der Waals surface area contributed by atoms with Crippen molar-refractivity contribution in [1.82, 2.24) is 4.90 Å². The Labute approximate surface area is 144 Å². The van der Waals surface area contributed by atoms with Crippen LogP contribution in [0.3, 0.4) is 0 Å². The summed E-state index contributed by atoms with van der Waals surface area (Å²) in [6.45, 7) is 1.97. The molecule has 2 aromatic rings. The number of aromatic carboxylic acids is 1. The van der Waals surface area contributed by atoms with E-state index in [-0.39, 0.29) is 36.8 Å². The number of aryl methyl sites for hydroxylation is 1. The van der Waals surface area contributed by atoms with Gasteiger partial charge in [0.1, 0.15) is 17.1 Å². The van der Waals surface area contributed by atoms with Crippen molar-refractivity contribution >= 4 is 11.9 Å².